The molecule has 6 nitrogen and oxygen atoms in total. The fourth-order valence-electron chi connectivity index (χ4n) is 1.92. The van der Waals surface area contributed by atoms with E-state index in [-0.39, 0.29) is 17.5 Å². The quantitative estimate of drug-likeness (QED) is 0.843. The van der Waals surface area contributed by atoms with Crippen molar-refractivity contribution in [1.29, 1.82) is 0 Å². The number of benzene rings is 1. The van der Waals surface area contributed by atoms with E-state index in [0.717, 1.165) is 5.56 Å². The topological polar surface area (TPSA) is 84.2 Å². The van der Waals surface area contributed by atoms with E-state index in [1.165, 1.54) is 0 Å². The molecule has 6 heteroatoms. The van der Waals surface area contributed by atoms with E-state index in [1.807, 2.05) is 0 Å². The first-order valence-corrected chi connectivity index (χ1v) is 6.67. The molecule has 2 aromatic rings. The van der Waals surface area contributed by atoms with Crippen LogP contribution in [0.3, 0.4) is 0 Å². The van der Waals surface area contributed by atoms with Crippen LogP contribution in [0, 0.1) is 0 Å². The van der Waals surface area contributed by atoms with Crippen LogP contribution >= 0.6 is 0 Å². The van der Waals surface area contributed by atoms with Crippen LogP contribution in [-0.4, -0.2) is 33.3 Å². The number of carboxylic acids is 1. The fraction of sp³-hybridized carbons (Fsp3) is 0.267. The normalized spacial score (nSPS) is 11.9. The van der Waals surface area contributed by atoms with E-state index in [9.17, 15) is 9.59 Å². The second-order valence-corrected chi connectivity index (χ2v) is 4.71. The first-order chi connectivity index (χ1) is 10.1. The second-order valence-electron chi connectivity index (χ2n) is 4.71. The SMILES string of the molecule is CC(C(=O)NCCc1ccc(C(=O)O)cc1)n1cccn1. The molecule has 1 atom stereocenters. The van der Waals surface area contributed by atoms with E-state index < -0.39 is 5.97 Å². The first-order valence-electron chi connectivity index (χ1n) is 6.67. The lowest BCUT2D eigenvalue weighted by Gasteiger charge is -2.12. The van der Waals surface area contributed by atoms with Crippen molar-refractivity contribution >= 4 is 11.9 Å². The molecule has 1 aromatic heterocycles. The predicted octanol–water partition coefficient (Wildman–Crippen LogP) is 1.50. The Morgan fingerprint density at radius 1 is 1.33 bits per heavy atom. The summed E-state index contributed by atoms with van der Waals surface area (Å²) in [5.74, 6) is -1.04. The zero-order valence-corrected chi connectivity index (χ0v) is 11.7. The molecule has 0 saturated carbocycles. The average Bonchev–Trinajstić information content (AvgIpc) is 3.01. The highest BCUT2D eigenvalue weighted by molar-refractivity contribution is 5.87. The van der Waals surface area contributed by atoms with Crippen molar-refractivity contribution in [3.63, 3.8) is 0 Å². The van der Waals surface area contributed by atoms with Gasteiger partial charge in [-0.2, -0.15) is 5.10 Å². The Morgan fingerprint density at radius 2 is 2.05 bits per heavy atom. The summed E-state index contributed by atoms with van der Waals surface area (Å²) >= 11 is 0. The van der Waals surface area contributed by atoms with Crippen LogP contribution in [0.25, 0.3) is 0 Å². The molecule has 0 aliphatic rings. The van der Waals surface area contributed by atoms with Crippen LogP contribution in [0.15, 0.2) is 42.7 Å². The second kappa shape index (κ2) is 6.69. The van der Waals surface area contributed by atoms with Crippen molar-refractivity contribution in [1.82, 2.24) is 15.1 Å². The molecule has 21 heavy (non-hydrogen) atoms. The number of aromatic nitrogens is 2. The number of rotatable bonds is 6. The van der Waals surface area contributed by atoms with Crippen LogP contribution in [0.2, 0.25) is 0 Å². The standard InChI is InChI=1S/C15H17N3O3/c1-11(18-10-2-8-17-18)14(19)16-9-7-12-3-5-13(6-4-12)15(20)21/h2-6,8,10-11H,7,9H2,1H3,(H,16,19)(H,20,21). The number of carboxylic acid groups (broad SMARTS) is 1. The van der Waals surface area contributed by atoms with Crippen LogP contribution in [-0.2, 0) is 11.2 Å². The zero-order chi connectivity index (χ0) is 15.2. The summed E-state index contributed by atoms with van der Waals surface area (Å²) in [7, 11) is 0. The molecule has 0 aliphatic carbocycles. The van der Waals surface area contributed by atoms with Gasteiger partial charge in [0.1, 0.15) is 6.04 Å². The maximum atomic E-state index is 11.9. The largest absolute Gasteiger partial charge is 0.478 e. The molecular formula is C15H17N3O3. The molecule has 1 heterocycles. The summed E-state index contributed by atoms with van der Waals surface area (Å²) in [6, 6.07) is 8.05. The maximum Gasteiger partial charge on any atom is 0.335 e. The van der Waals surface area contributed by atoms with Crippen molar-refractivity contribution in [3.8, 4) is 0 Å². The van der Waals surface area contributed by atoms with E-state index in [4.69, 9.17) is 5.11 Å². The lowest BCUT2D eigenvalue weighted by Crippen LogP contribution is -2.32. The lowest BCUT2D eigenvalue weighted by atomic mass is 10.1. The van der Waals surface area contributed by atoms with Gasteiger partial charge in [-0.15, -0.1) is 0 Å². The van der Waals surface area contributed by atoms with Gasteiger partial charge in [-0.05, 0) is 37.1 Å². The Hall–Kier alpha value is -2.63. The lowest BCUT2D eigenvalue weighted by molar-refractivity contribution is -0.124. The number of aromatic carboxylic acids is 1. The van der Waals surface area contributed by atoms with Gasteiger partial charge in [0.05, 0.1) is 5.56 Å². The van der Waals surface area contributed by atoms with E-state index in [2.05, 4.69) is 10.4 Å². The number of amides is 1. The molecule has 110 valence electrons. The Morgan fingerprint density at radius 3 is 2.62 bits per heavy atom. The molecule has 1 unspecified atom stereocenters. The smallest absolute Gasteiger partial charge is 0.335 e. The van der Waals surface area contributed by atoms with Gasteiger partial charge < -0.3 is 10.4 Å². The monoisotopic (exact) mass is 287 g/mol. The van der Waals surface area contributed by atoms with Gasteiger partial charge in [0.2, 0.25) is 5.91 Å². The van der Waals surface area contributed by atoms with Crippen molar-refractivity contribution in [3.05, 3.63) is 53.9 Å². The molecular weight excluding hydrogens is 270 g/mol. The van der Waals surface area contributed by atoms with Crippen LogP contribution < -0.4 is 5.32 Å². The first kappa shape index (κ1) is 14.8. The fourth-order valence-corrected chi connectivity index (χ4v) is 1.92. The van der Waals surface area contributed by atoms with Crippen molar-refractivity contribution in [2.24, 2.45) is 0 Å². The minimum atomic E-state index is -0.942. The molecule has 0 radical (unpaired) electrons. The number of nitrogens with one attached hydrogen (secondary N) is 1. The summed E-state index contributed by atoms with van der Waals surface area (Å²) in [4.78, 5) is 22.7. The van der Waals surface area contributed by atoms with Crippen molar-refractivity contribution < 1.29 is 14.7 Å². The van der Waals surface area contributed by atoms with E-state index >= 15 is 0 Å². The maximum absolute atomic E-state index is 11.9. The molecule has 1 aromatic carbocycles. The van der Waals surface area contributed by atoms with Crippen molar-refractivity contribution in [2.75, 3.05) is 6.54 Å². The number of nitrogens with zero attached hydrogens (tertiary/aromatic N) is 2. The Bertz CT molecular complexity index is 606. The van der Waals surface area contributed by atoms with Crippen LogP contribution in [0.4, 0.5) is 0 Å². The van der Waals surface area contributed by atoms with Gasteiger partial charge >= 0.3 is 5.97 Å². The van der Waals surface area contributed by atoms with Crippen LogP contribution in [0.5, 0.6) is 0 Å². The summed E-state index contributed by atoms with van der Waals surface area (Å²) < 4.78 is 1.59. The summed E-state index contributed by atoms with van der Waals surface area (Å²) in [6.07, 6.45) is 4.03. The van der Waals surface area contributed by atoms with Crippen LogP contribution in [0.1, 0.15) is 28.9 Å². The Labute approximate surface area is 122 Å². The van der Waals surface area contributed by atoms with E-state index in [0.29, 0.717) is 13.0 Å². The molecule has 0 fully saturated rings. The summed E-state index contributed by atoms with van der Waals surface area (Å²) in [5.41, 5.74) is 1.24. The summed E-state index contributed by atoms with van der Waals surface area (Å²) in [5, 5.41) is 15.7. The third kappa shape index (κ3) is 3.92. The molecule has 2 rings (SSSR count). The van der Waals surface area contributed by atoms with Crippen molar-refractivity contribution in [2.45, 2.75) is 19.4 Å². The predicted molar refractivity (Wildman–Crippen MR) is 77.1 cm³/mol. The average molecular weight is 287 g/mol. The number of carbonyl (C=O) groups excluding carboxylic acids is 1. The number of hydrogen-bond donors (Lipinski definition) is 2. The van der Waals surface area contributed by atoms with Gasteiger partial charge in [0.25, 0.3) is 0 Å². The van der Waals surface area contributed by atoms with E-state index in [1.54, 1.807) is 54.3 Å². The highest BCUT2D eigenvalue weighted by Gasteiger charge is 2.13. The minimum absolute atomic E-state index is 0.0964. The minimum Gasteiger partial charge on any atom is -0.478 e. The molecule has 2 N–H and O–H groups in total. The molecule has 1 amide bonds. The molecule has 0 aliphatic heterocycles. The third-order valence-corrected chi connectivity index (χ3v) is 3.21. The molecule has 0 spiro atoms. The van der Waals surface area contributed by atoms with Gasteiger partial charge in [-0.3, -0.25) is 9.48 Å². The highest BCUT2D eigenvalue weighted by Crippen LogP contribution is 2.06. The molecule has 0 bridgehead atoms. The third-order valence-electron chi connectivity index (χ3n) is 3.21. The Balaban J connectivity index is 1.81. The number of carbonyl (C=O) groups is 2. The highest BCUT2D eigenvalue weighted by atomic mass is 16.4. The number of hydrogen-bond acceptors (Lipinski definition) is 3. The summed E-state index contributed by atoms with van der Waals surface area (Å²) in [6.45, 7) is 2.28. The van der Waals surface area contributed by atoms with Gasteiger partial charge in [0, 0.05) is 18.9 Å². The van der Waals surface area contributed by atoms with Gasteiger partial charge in [-0.1, -0.05) is 12.1 Å². The van der Waals surface area contributed by atoms with Gasteiger partial charge in [0.15, 0.2) is 0 Å². The van der Waals surface area contributed by atoms with Gasteiger partial charge in [-0.25, -0.2) is 4.79 Å². The zero-order valence-electron chi connectivity index (χ0n) is 11.7. The molecule has 0 saturated heterocycles. The Kier molecular flexibility index (Phi) is 4.71.